The SMILES string of the molecule is O=P1(O[At])c2ccccc2Oc2ccccc21. The molecule has 17 heavy (non-hydrogen) atoms. The van der Waals surface area contributed by atoms with E-state index in [2.05, 4.69) is 0 Å². The number of hydrogen-bond acceptors (Lipinski definition) is 3. The maximum absolute atomic E-state index is 13.0. The van der Waals surface area contributed by atoms with E-state index in [0.717, 1.165) is 25.2 Å². The predicted molar refractivity (Wildman–Crippen MR) is 60.9 cm³/mol. The molecule has 1 aliphatic rings. The Hall–Kier alpha value is -0.687. The van der Waals surface area contributed by atoms with Gasteiger partial charge in [-0.2, -0.15) is 0 Å². The van der Waals surface area contributed by atoms with Crippen molar-refractivity contribution in [1.29, 1.82) is 0 Å². The van der Waals surface area contributed by atoms with E-state index in [-0.39, 0.29) is 0 Å². The quantitative estimate of drug-likeness (QED) is 0.639. The Labute approximate surface area is 115 Å². The molecule has 0 spiro atoms. The molecule has 1 heterocycles. The fraction of sp³-hybridized carbons (Fsp3) is 0. The molecule has 0 aromatic heterocycles. The zero-order valence-corrected chi connectivity index (χ0v) is 12.5. The second-order valence-electron chi connectivity index (χ2n) is 3.66. The molecule has 2 aromatic carbocycles. The van der Waals surface area contributed by atoms with Gasteiger partial charge in [0, 0.05) is 0 Å². The molecular formula is C12H8AtO3P. The fourth-order valence-corrected chi connectivity index (χ4v) is 5.42. The number of fused-ring (bicyclic) bond motifs is 2. The molecule has 0 unspecified atom stereocenters. The first-order chi connectivity index (χ1) is 8.25. The number of ether oxygens (including phenoxy) is 1. The number of hydrogen-bond donors (Lipinski definition) is 0. The minimum absolute atomic E-state index is 0.617. The van der Waals surface area contributed by atoms with Crippen LogP contribution < -0.4 is 15.3 Å². The van der Waals surface area contributed by atoms with Gasteiger partial charge >= 0.3 is 115 Å². The summed E-state index contributed by atoms with van der Waals surface area (Å²) in [7, 11) is -2.97. The van der Waals surface area contributed by atoms with Crippen molar-refractivity contribution in [3.63, 3.8) is 0 Å². The van der Waals surface area contributed by atoms with Crippen LogP contribution in [0.25, 0.3) is 0 Å². The Morgan fingerprint density at radius 3 is 1.88 bits per heavy atom. The zero-order valence-electron chi connectivity index (χ0n) is 8.67. The van der Waals surface area contributed by atoms with Crippen LogP contribution >= 0.6 is 7.37 Å². The van der Waals surface area contributed by atoms with Crippen molar-refractivity contribution in [2.24, 2.45) is 0 Å². The van der Waals surface area contributed by atoms with Crippen LogP contribution in [0.3, 0.4) is 0 Å². The standard InChI is InChI=1S/C12H8AtO3P/c13-16-17(14)11-7-3-1-5-9(11)15-10-6-2-4-8-12(10)17/h1-8H. The first-order valence-corrected chi connectivity index (χ1v) is 7.85. The minimum atomic E-state index is -2.97. The average molecular weight is 441 g/mol. The van der Waals surface area contributed by atoms with Gasteiger partial charge in [0.05, 0.1) is 0 Å². The Morgan fingerprint density at radius 1 is 0.941 bits per heavy atom. The summed E-state index contributed by atoms with van der Waals surface area (Å²) in [5, 5.41) is 1.28. The summed E-state index contributed by atoms with van der Waals surface area (Å²) < 4.78 is 24.0. The van der Waals surface area contributed by atoms with Crippen LogP contribution in [0.4, 0.5) is 0 Å². The van der Waals surface area contributed by atoms with Crippen molar-refractivity contribution in [1.82, 2.24) is 0 Å². The molecule has 0 saturated heterocycles. The van der Waals surface area contributed by atoms with E-state index < -0.39 is 7.37 Å². The second-order valence-corrected chi connectivity index (χ2v) is 7.47. The summed E-state index contributed by atoms with van der Waals surface area (Å²) in [5.41, 5.74) is 0. The van der Waals surface area contributed by atoms with Crippen LogP contribution in [-0.4, -0.2) is 0 Å². The number of rotatable bonds is 1. The van der Waals surface area contributed by atoms with Gasteiger partial charge in [-0.25, -0.2) is 0 Å². The Morgan fingerprint density at radius 2 is 1.41 bits per heavy atom. The average Bonchev–Trinajstić information content (AvgIpc) is 2.39. The van der Waals surface area contributed by atoms with Gasteiger partial charge in [-0.05, 0) is 0 Å². The maximum atomic E-state index is 13.0. The van der Waals surface area contributed by atoms with E-state index in [1.54, 1.807) is 12.1 Å². The van der Waals surface area contributed by atoms with Crippen LogP contribution in [0.15, 0.2) is 48.5 Å². The van der Waals surface area contributed by atoms with E-state index in [1.165, 1.54) is 0 Å². The van der Waals surface area contributed by atoms with Gasteiger partial charge < -0.3 is 0 Å². The molecule has 0 aliphatic carbocycles. The van der Waals surface area contributed by atoms with Crippen LogP contribution in [0.5, 0.6) is 11.5 Å². The van der Waals surface area contributed by atoms with Crippen molar-refractivity contribution in [2.75, 3.05) is 0 Å². The van der Waals surface area contributed by atoms with Crippen LogP contribution in [0.2, 0.25) is 0 Å². The summed E-state index contributed by atoms with van der Waals surface area (Å²) in [6.45, 7) is 0. The van der Waals surface area contributed by atoms with Crippen LogP contribution in [0, 0.1) is 25.2 Å². The normalized spacial score (nSPS) is 15.6. The fourth-order valence-electron chi connectivity index (χ4n) is 1.90. The third kappa shape index (κ3) is 1.67. The van der Waals surface area contributed by atoms with E-state index >= 15 is 0 Å². The van der Waals surface area contributed by atoms with E-state index in [0.29, 0.717) is 22.1 Å². The molecule has 0 N–H and O–H groups in total. The van der Waals surface area contributed by atoms with Crippen molar-refractivity contribution in [3.8, 4) is 11.5 Å². The molecule has 0 bridgehead atoms. The van der Waals surface area contributed by atoms with Gasteiger partial charge in [0.15, 0.2) is 0 Å². The van der Waals surface area contributed by atoms with Gasteiger partial charge in [-0.1, -0.05) is 0 Å². The molecule has 0 saturated carbocycles. The Kier molecular flexibility index (Phi) is 2.82. The van der Waals surface area contributed by atoms with Gasteiger partial charge in [-0.3, -0.25) is 0 Å². The molecule has 0 fully saturated rings. The monoisotopic (exact) mass is 441 g/mol. The van der Waals surface area contributed by atoms with Crippen molar-refractivity contribution < 1.29 is 37.1 Å². The summed E-state index contributed by atoms with van der Waals surface area (Å²) >= 11 is 1.05. The third-order valence-corrected chi connectivity index (χ3v) is 7.15. The Balaban J connectivity index is 2.33. The number of para-hydroxylation sites is 2. The molecular weight excluding hydrogens is 433 g/mol. The van der Waals surface area contributed by atoms with Crippen molar-refractivity contribution in [2.45, 2.75) is 0 Å². The number of benzene rings is 2. The van der Waals surface area contributed by atoms with Crippen molar-refractivity contribution in [3.05, 3.63) is 48.5 Å². The van der Waals surface area contributed by atoms with Gasteiger partial charge in [0.25, 0.3) is 0 Å². The van der Waals surface area contributed by atoms with Crippen molar-refractivity contribution >= 4 is 18.0 Å². The molecule has 0 atom stereocenters. The van der Waals surface area contributed by atoms with Crippen LogP contribution in [-0.2, 0) is 7.17 Å². The Bertz CT molecular complexity index is 577. The van der Waals surface area contributed by atoms with E-state index in [1.807, 2.05) is 36.4 Å². The first-order valence-electron chi connectivity index (χ1n) is 5.03. The first kappa shape index (κ1) is 11.4. The molecule has 2 aromatic rings. The molecule has 86 valence electrons. The summed E-state index contributed by atoms with van der Waals surface area (Å²) in [6, 6.07) is 14.6. The van der Waals surface area contributed by atoms with Crippen LogP contribution in [0.1, 0.15) is 0 Å². The molecule has 3 nitrogen and oxygen atoms in total. The molecule has 0 amide bonds. The van der Waals surface area contributed by atoms with E-state index in [4.69, 9.17) is 7.34 Å². The summed E-state index contributed by atoms with van der Waals surface area (Å²) in [5.74, 6) is 1.23. The van der Waals surface area contributed by atoms with Gasteiger partial charge in [0.2, 0.25) is 0 Å². The topological polar surface area (TPSA) is 35.5 Å². The molecule has 5 heteroatoms. The van der Waals surface area contributed by atoms with Gasteiger partial charge in [0.1, 0.15) is 0 Å². The predicted octanol–water partition coefficient (Wildman–Crippen LogP) is 2.50. The summed E-state index contributed by atoms with van der Waals surface area (Å²) in [6.07, 6.45) is 0. The molecule has 3 rings (SSSR count). The molecule has 0 radical (unpaired) electrons. The van der Waals surface area contributed by atoms with Gasteiger partial charge in [-0.15, -0.1) is 0 Å². The second kappa shape index (κ2) is 4.21. The third-order valence-electron chi connectivity index (χ3n) is 2.68. The zero-order chi connectivity index (χ0) is 11.9. The molecule has 1 aliphatic heterocycles. The van der Waals surface area contributed by atoms with E-state index in [9.17, 15) is 4.57 Å². The summed E-state index contributed by atoms with van der Waals surface area (Å²) in [4.78, 5) is 0.